The zero-order valence-corrected chi connectivity index (χ0v) is 12.9. The minimum Gasteiger partial charge on any atom is -0.291 e. The first-order valence-corrected chi connectivity index (χ1v) is 7.32. The molecule has 1 aromatic carbocycles. The van der Waals surface area contributed by atoms with Crippen LogP contribution in [0.15, 0.2) is 37.7 Å². The van der Waals surface area contributed by atoms with Gasteiger partial charge in [0.2, 0.25) is 0 Å². The van der Waals surface area contributed by atoms with Gasteiger partial charge in [-0.05, 0) is 43.5 Å². The molecule has 2 aromatic rings. The number of benzene rings is 1. The first kappa shape index (κ1) is 14.7. The summed E-state index contributed by atoms with van der Waals surface area (Å²) in [6, 6.07) is 6.22. The summed E-state index contributed by atoms with van der Waals surface area (Å²) in [7, 11) is 1.68. The standard InChI is InChI=1S/C15H18N2O2S/c1-5-12-13(18)16-15(19)17(4)14(12)20-11-7-9(2)6-10(3)8-11/h6-8H,5H2,1-4H3,(H,16,18,19). The van der Waals surface area contributed by atoms with Crippen molar-refractivity contribution in [1.82, 2.24) is 9.55 Å². The Morgan fingerprint density at radius 3 is 2.30 bits per heavy atom. The Morgan fingerprint density at radius 2 is 1.75 bits per heavy atom. The lowest BCUT2D eigenvalue weighted by Gasteiger charge is -2.12. The number of aromatic amines is 1. The van der Waals surface area contributed by atoms with Crippen molar-refractivity contribution in [3.63, 3.8) is 0 Å². The number of aromatic nitrogens is 2. The summed E-state index contributed by atoms with van der Waals surface area (Å²) < 4.78 is 1.50. The number of H-pyrrole nitrogens is 1. The van der Waals surface area contributed by atoms with E-state index in [1.54, 1.807) is 7.05 Å². The molecule has 0 radical (unpaired) electrons. The van der Waals surface area contributed by atoms with Crippen molar-refractivity contribution in [2.45, 2.75) is 37.1 Å². The fourth-order valence-corrected chi connectivity index (χ4v) is 3.49. The van der Waals surface area contributed by atoms with Gasteiger partial charge in [-0.3, -0.25) is 14.3 Å². The average molecular weight is 290 g/mol. The molecule has 0 atom stereocenters. The number of hydrogen-bond acceptors (Lipinski definition) is 3. The zero-order valence-electron chi connectivity index (χ0n) is 12.1. The third-order valence-electron chi connectivity index (χ3n) is 3.13. The Morgan fingerprint density at radius 1 is 1.15 bits per heavy atom. The lowest BCUT2D eigenvalue weighted by atomic mass is 10.2. The molecule has 0 fully saturated rings. The van der Waals surface area contributed by atoms with Crippen molar-refractivity contribution >= 4 is 11.8 Å². The molecule has 1 heterocycles. The highest BCUT2D eigenvalue weighted by molar-refractivity contribution is 7.99. The third kappa shape index (κ3) is 2.88. The van der Waals surface area contributed by atoms with E-state index < -0.39 is 0 Å². The predicted molar refractivity (Wildman–Crippen MR) is 81.7 cm³/mol. The van der Waals surface area contributed by atoms with Crippen LogP contribution in [0.25, 0.3) is 0 Å². The highest BCUT2D eigenvalue weighted by Crippen LogP contribution is 2.29. The normalized spacial score (nSPS) is 10.8. The monoisotopic (exact) mass is 290 g/mol. The van der Waals surface area contributed by atoms with Crippen LogP contribution in [0.2, 0.25) is 0 Å². The Bertz CT molecular complexity index is 739. The number of aryl methyl sites for hydroxylation is 2. The van der Waals surface area contributed by atoms with Crippen molar-refractivity contribution in [2.75, 3.05) is 0 Å². The fraction of sp³-hybridized carbons (Fsp3) is 0.333. The van der Waals surface area contributed by atoms with E-state index in [1.807, 2.05) is 20.8 Å². The minimum absolute atomic E-state index is 0.289. The van der Waals surface area contributed by atoms with Gasteiger partial charge in [0, 0.05) is 17.5 Å². The Kier molecular flexibility index (Phi) is 4.18. The van der Waals surface area contributed by atoms with Gasteiger partial charge in [-0.1, -0.05) is 24.8 Å². The second-order valence-electron chi connectivity index (χ2n) is 4.88. The summed E-state index contributed by atoms with van der Waals surface area (Å²) >= 11 is 1.47. The number of hydrogen-bond donors (Lipinski definition) is 1. The molecular weight excluding hydrogens is 272 g/mol. The molecule has 0 saturated heterocycles. The second-order valence-corrected chi connectivity index (χ2v) is 5.94. The molecule has 2 rings (SSSR count). The molecule has 1 aromatic heterocycles. The summed E-state index contributed by atoms with van der Waals surface area (Å²) in [5, 5.41) is 0.714. The van der Waals surface area contributed by atoms with Gasteiger partial charge in [0.25, 0.3) is 5.56 Å². The zero-order chi connectivity index (χ0) is 14.9. The lowest BCUT2D eigenvalue weighted by Crippen LogP contribution is -2.32. The Balaban J connectivity index is 2.58. The molecule has 5 heteroatoms. The van der Waals surface area contributed by atoms with Crippen LogP contribution < -0.4 is 11.2 Å². The topological polar surface area (TPSA) is 54.9 Å². The quantitative estimate of drug-likeness (QED) is 0.883. The SMILES string of the molecule is CCc1c(Sc2cc(C)cc(C)c2)n(C)c(=O)[nH]c1=O. The van der Waals surface area contributed by atoms with Crippen LogP contribution in [0.5, 0.6) is 0 Å². The highest BCUT2D eigenvalue weighted by atomic mass is 32.2. The number of nitrogens with zero attached hydrogens (tertiary/aromatic N) is 1. The van der Waals surface area contributed by atoms with Gasteiger partial charge in [-0.15, -0.1) is 0 Å². The molecule has 0 spiro atoms. The molecular formula is C15H18N2O2S. The maximum absolute atomic E-state index is 11.9. The largest absolute Gasteiger partial charge is 0.328 e. The van der Waals surface area contributed by atoms with E-state index in [1.165, 1.54) is 27.5 Å². The van der Waals surface area contributed by atoms with E-state index in [2.05, 4.69) is 23.2 Å². The third-order valence-corrected chi connectivity index (χ3v) is 4.31. The summed E-state index contributed by atoms with van der Waals surface area (Å²) in [5.41, 5.74) is 2.32. The van der Waals surface area contributed by atoms with Crippen LogP contribution >= 0.6 is 11.8 Å². The van der Waals surface area contributed by atoms with E-state index in [9.17, 15) is 9.59 Å². The van der Waals surface area contributed by atoms with Gasteiger partial charge >= 0.3 is 5.69 Å². The molecule has 0 aliphatic rings. The Labute approximate surface area is 121 Å². The van der Waals surface area contributed by atoms with Crippen molar-refractivity contribution in [1.29, 1.82) is 0 Å². The van der Waals surface area contributed by atoms with Crippen molar-refractivity contribution in [3.8, 4) is 0 Å². The predicted octanol–water partition coefficient (Wildman–Crippen LogP) is 2.40. The maximum Gasteiger partial charge on any atom is 0.328 e. The molecule has 106 valence electrons. The summed E-state index contributed by atoms with van der Waals surface area (Å²) in [6.45, 7) is 5.99. The maximum atomic E-state index is 11.9. The van der Waals surface area contributed by atoms with Gasteiger partial charge in [0.15, 0.2) is 0 Å². The molecule has 0 amide bonds. The van der Waals surface area contributed by atoms with E-state index in [4.69, 9.17) is 0 Å². The van der Waals surface area contributed by atoms with Gasteiger partial charge < -0.3 is 0 Å². The molecule has 4 nitrogen and oxygen atoms in total. The molecule has 1 N–H and O–H groups in total. The van der Waals surface area contributed by atoms with Gasteiger partial charge in [0.1, 0.15) is 0 Å². The summed E-state index contributed by atoms with van der Waals surface area (Å²) in [4.78, 5) is 27.0. The smallest absolute Gasteiger partial charge is 0.291 e. The first-order valence-electron chi connectivity index (χ1n) is 6.50. The van der Waals surface area contributed by atoms with Crippen LogP contribution in [0.1, 0.15) is 23.6 Å². The molecule has 0 bridgehead atoms. The molecule has 0 aliphatic carbocycles. The van der Waals surface area contributed by atoms with E-state index in [0.29, 0.717) is 17.0 Å². The van der Waals surface area contributed by atoms with Crippen molar-refractivity contribution in [2.24, 2.45) is 7.05 Å². The number of rotatable bonds is 3. The fourth-order valence-electron chi connectivity index (χ4n) is 2.19. The van der Waals surface area contributed by atoms with Crippen molar-refractivity contribution < 1.29 is 0 Å². The molecule has 0 saturated carbocycles. The van der Waals surface area contributed by atoms with Crippen LogP contribution in [-0.2, 0) is 13.5 Å². The van der Waals surface area contributed by atoms with Crippen LogP contribution in [0.3, 0.4) is 0 Å². The summed E-state index contributed by atoms with van der Waals surface area (Å²) in [6.07, 6.45) is 0.594. The minimum atomic E-state index is -0.376. The van der Waals surface area contributed by atoms with Crippen LogP contribution in [0, 0.1) is 13.8 Å². The number of nitrogens with one attached hydrogen (secondary N) is 1. The van der Waals surface area contributed by atoms with Gasteiger partial charge in [-0.25, -0.2) is 4.79 Å². The van der Waals surface area contributed by atoms with Gasteiger partial charge in [-0.2, -0.15) is 0 Å². The highest BCUT2D eigenvalue weighted by Gasteiger charge is 2.13. The average Bonchev–Trinajstić information content (AvgIpc) is 2.34. The van der Waals surface area contributed by atoms with E-state index in [0.717, 1.165) is 4.90 Å². The molecule has 0 unspecified atom stereocenters. The second kappa shape index (κ2) is 5.71. The lowest BCUT2D eigenvalue weighted by molar-refractivity contribution is 0.691. The van der Waals surface area contributed by atoms with Crippen molar-refractivity contribution in [3.05, 3.63) is 55.7 Å². The first-order chi connectivity index (χ1) is 9.42. The Hall–Kier alpha value is -1.75. The van der Waals surface area contributed by atoms with Crippen LogP contribution in [-0.4, -0.2) is 9.55 Å². The van der Waals surface area contributed by atoms with E-state index in [-0.39, 0.29) is 11.2 Å². The molecule has 20 heavy (non-hydrogen) atoms. The summed E-state index contributed by atoms with van der Waals surface area (Å²) in [5.74, 6) is 0. The van der Waals surface area contributed by atoms with Gasteiger partial charge in [0.05, 0.1) is 5.03 Å². The van der Waals surface area contributed by atoms with Crippen LogP contribution in [0.4, 0.5) is 0 Å². The molecule has 0 aliphatic heterocycles. The van der Waals surface area contributed by atoms with E-state index >= 15 is 0 Å².